The molecule has 3 heterocycles. The number of hydrogen-bond donors (Lipinski definition) is 3. The summed E-state index contributed by atoms with van der Waals surface area (Å²) in [4.78, 5) is 194. The van der Waals surface area contributed by atoms with Gasteiger partial charge in [-0.3, -0.25) is 57.5 Å². The van der Waals surface area contributed by atoms with Crippen molar-refractivity contribution in [3.63, 3.8) is 0 Å². The molecule has 108 heavy (non-hydrogen) atoms. The van der Waals surface area contributed by atoms with E-state index in [4.69, 9.17) is 15.9 Å². The Balaban J connectivity index is 1.34. The van der Waals surface area contributed by atoms with Crippen molar-refractivity contribution in [1.29, 1.82) is 0 Å². The van der Waals surface area contributed by atoms with Gasteiger partial charge in [0, 0.05) is 82.6 Å². The molecule has 4 saturated carbocycles. The highest BCUT2D eigenvalue weighted by atomic mass is 19.4. The van der Waals surface area contributed by atoms with Crippen LogP contribution in [0.2, 0.25) is 0 Å². The van der Waals surface area contributed by atoms with Crippen LogP contribution in [0.1, 0.15) is 196 Å². The highest BCUT2D eigenvalue weighted by Crippen LogP contribution is 2.50. The maximum Gasteiger partial charge on any atom is 0.394 e. The Kier molecular flexibility index (Phi) is 31.3. The monoisotopic (exact) mass is 1520 g/mol. The van der Waals surface area contributed by atoms with Gasteiger partial charge < -0.3 is 69.5 Å². The molecule has 7 aliphatic rings. The molecule has 606 valence electrons. The summed E-state index contributed by atoms with van der Waals surface area (Å²) in [6.07, 6.45) is 9.69. The Bertz CT molecular complexity index is 3270. The summed E-state index contributed by atoms with van der Waals surface area (Å²) in [6, 6.07) is -10.3. The average molecular weight is 1520 g/mol. The standard InChI is InChI=1S/C79H125F3N12O14/c1-17-26-57-68(98)84-66(50(6)19-3)74(104)92(38-18-2)46-65(97)89(13)58-29-22-21-25-39-93(73(58)103)61(40-51-32-30-49(5)31-33-51)72(102)87(11)45-63(95)83-56(37-35-52-34-36-55(79(80,81)82)62(41-52)107-16)70(100)94-44-54(108-20-4)42-59(94)69(99)85-78(47-77(7,8)48-78)76(106)91(15)67(53-27-23-24-28-53)75(105)90(14)60(71(101)86(9)10)43-64(96)88(57)12/h2,21-22,49-62,66-67H,17,19-20,23-48H2,1,3-16H3,(H,83,95)(H,84,98)(H,85,99)/b22-21-/t49?,50-,51?,52?,54+,55?,56-,57-,58-,59-,60-,61-,62?,66-,67-/m0/s1. The van der Waals surface area contributed by atoms with Gasteiger partial charge in [0.05, 0.1) is 37.6 Å². The van der Waals surface area contributed by atoms with E-state index in [-0.39, 0.29) is 96.2 Å². The van der Waals surface area contributed by atoms with E-state index in [1.807, 2.05) is 33.8 Å². The van der Waals surface area contributed by atoms with Crippen LogP contribution in [0.4, 0.5) is 13.2 Å². The first-order valence-corrected chi connectivity index (χ1v) is 39.5. The predicted octanol–water partition coefficient (Wildman–Crippen LogP) is 5.93. The van der Waals surface area contributed by atoms with Gasteiger partial charge in [-0.2, -0.15) is 13.2 Å². The second-order valence-corrected chi connectivity index (χ2v) is 33.2. The first-order valence-electron chi connectivity index (χ1n) is 39.5. The molecule has 26 nitrogen and oxygen atoms in total. The van der Waals surface area contributed by atoms with Crippen LogP contribution in [0.3, 0.4) is 0 Å². The molecule has 0 radical (unpaired) electrons. The van der Waals surface area contributed by atoms with Crippen molar-refractivity contribution in [1.82, 2.24) is 60.0 Å². The number of carbonyl (C=O) groups is 12. The lowest BCUT2D eigenvalue weighted by Crippen LogP contribution is -2.71. The molecule has 2 bridgehead atoms. The number of carbonyl (C=O) groups excluding carboxylic acids is 12. The number of alkyl halides is 3. The van der Waals surface area contributed by atoms with Gasteiger partial charge in [0.2, 0.25) is 70.9 Å². The molecule has 3 aliphatic heterocycles. The van der Waals surface area contributed by atoms with Gasteiger partial charge in [-0.05, 0) is 125 Å². The summed E-state index contributed by atoms with van der Waals surface area (Å²) in [5, 5.41) is 8.87. The van der Waals surface area contributed by atoms with Crippen molar-refractivity contribution in [3.8, 4) is 12.3 Å². The fraction of sp³-hybridized carbons (Fsp3) is 0.797. The average Bonchev–Trinajstić information content (AvgIpc) is 0.802. The summed E-state index contributed by atoms with van der Waals surface area (Å²) >= 11 is 0. The second-order valence-electron chi connectivity index (χ2n) is 33.2. The number of fused-ring (bicyclic) bond motifs is 3. The molecule has 4 aliphatic carbocycles. The van der Waals surface area contributed by atoms with E-state index < -0.39 is 198 Å². The maximum atomic E-state index is 15.8. The Labute approximate surface area is 638 Å². The Morgan fingerprint density at radius 1 is 0.722 bits per heavy atom. The van der Waals surface area contributed by atoms with E-state index in [1.165, 1.54) is 95.6 Å². The van der Waals surface area contributed by atoms with Crippen LogP contribution in [0.5, 0.6) is 0 Å². The molecule has 29 heteroatoms. The smallest absolute Gasteiger partial charge is 0.381 e. The van der Waals surface area contributed by atoms with Gasteiger partial charge in [-0.25, -0.2) is 0 Å². The molecular weight excluding hydrogens is 1400 g/mol. The molecule has 2 saturated heterocycles. The van der Waals surface area contributed by atoms with Crippen LogP contribution < -0.4 is 16.0 Å². The number of hydrogen-bond acceptors (Lipinski definition) is 14. The van der Waals surface area contributed by atoms with Crippen molar-refractivity contribution in [3.05, 3.63) is 12.2 Å². The van der Waals surface area contributed by atoms with Crippen LogP contribution in [-0.2, 0) is 67.0 Å². The number of nitrogens with one attached hydrogen (secondary N) is 3. The summed E-state index contributed by atoms with van der Waals surface area (Å²) in [5.41, 5.74) is -2.19. The molecule has 1 spiro atoms. The van der Waals surface area contributed by atoms with E-state index in [9.17, 15) is 37.1 Å². The van der Waals surface area contributed by atoms with Crippen LogP contribution in [0.15, 0.2) is 12.2 Å². The lowest BCUT2D eigenvalue weighted by molar-refractivity contribution is -0.215. The van der Waals surface area contributed by atoms with Crippen LogP contribution in [-0.4, -0.2) is 283 Å². The van der Waals surface area contributed by atoms with E-state index in [1.54, 1.807) is 19.9 Å². The van der Waals surface area contributed by atoms with Gasteiger partial charge in [0.25, 0.3) is 0 Å². The molecular formula is C79H125F3N12O14. The summed E-state index contributed by atoms with van der Waals surface area (Å²) in [7, 11) is 11.3. The molecule has 3 unspecified atom stereocenters. The summed E-state index contributed by atoms with van der Waals surface area (Å²) < 4.78 is 54.6. The minimum absolute atomic E-state index is 0.00455. The van der Waals surface area contributed by atoms with Crippen LogP contribution in [0.25, 0.3) is 0 Å². The zero-order chi connectivity index (χ0) is 80.0. The largest absolute Gasteiger partial charge is 0.394 e. The third-order valence-corrected chi connectivity index (χ3v) is 24.5. The molecule has 12 amide bonds. The van der Waals surface area contributed by atoms with Gasteiger partial charge >= 0.3 is 6.18 Å². The van der Waals surface area contributed by atoms with Gasteiger partial charge in [0.1, 0.15) is 60.4 Å². The lowest BCUT2D eigenvalue weighted by Gasteiger charge is -2.54. The van der Waals surface area contributed by atoms with Crippen molar-refractivity contribution in [2.24, 2.45) is 40.9 Å². The minimum Gasteiger partial charge on any atom is -0.381 e. The second kappa shape index (κ2) is 38.5. The fourth-order valence-electron chi connectivity index (χ4n) is 18.1. The van der Waals surface area contributed by atoms with Crippen molar-refractivity contribution >= 4 is 70.9 Å². The number of halogens is 3. The van der Waals surface area contributed by atoms with E-state index in [0.29, 0.717) is 38.0 Å². The number of nitrogens with zero attached hydrogens (tertiary/aromatic N) is 9. The number of ether oxygens (including phenoxy) is 2. The normalized spacial score (nSPS) is 31.5. The highest BCUT2D eigenvalue weighted by Gasteiger charge is 2.60. The molecule has 7 rings (SSSR count). The third-order valence-electron chi connectivity index (χ3n) is 24.5. The third kappa shape index (κ3) is 21.4. The Morgan fingerprint density at radius 3 is 1.97 bits per heavy atom. The number of rotatable bonds is 15. The van der Waals surface area contributed by atoms with Gasteiger partial charge in [-0.1, -0.05) is 111 Å². The number of likely N-dealkylation sites (N-methyl/N-ethyl adjacent to an activating group) is 6. The Hall–Kier alpha value is -7.35. The SMILES string of the molecule is C#CCN1CC(=O)N(C)[C@H]2C/C=C\CCN(C2=O)[C@@H](CC2CCC(C)CC2)C(=O)N(C)CC(=O)N[C@@H](CCC2CCC(C(F)(F)F)C(OC)C2)C(=O)N2C[C@H](OCC)C[C@H]2C(=O)NC2(CC(C)(C)C2)C(=O)N(C)[C@@H](C2CCCC2)C(=O)N(C)[C@H](C(=O)N(C)C)CC(=O)N(C)[C@@H](CCC)C(=O)N[C@@H]([C@@H](C)CC)C1=O. The van der Waals surface area contributed by atoms with Crippen molar-refractivity contribution in [2.75, 3.05) is 95.8 Å². The quantitative estimate of drug-likeness (QED) is 0.127. The summed E-state index contributed by atoms with van der Waals surface area (Å²) in [6.45, 7) is 11.5. The van der Waals surface area contributed by atoms with E-state index in [0.717, 1.165) is 43.4 Å². The van der Waals surface area contributed by atoms with Crippen LogP contribution >= 0.6 is 0 Å². The zero-order valence-corrected chi connectivity index (χ0v) is 66.9. The predicted molar refractivity (Wildman–Crippen MR) is 399 cm³/mol. The first-order chi connectivity index (χ1) is 50.9. The zero-order valence-electron chi connectivity index (χ0n) is 66.9. The minimum atomic E-state index is -4.53. The fourth-order valence-corrected chi connectivity index (χ4v) is 18.1. The maximum absolute atomic E-state index is 15.8. The van der Waals surface area contributed by atoms with Crippen molar-refractivity contribution in [2.45, 2.75) is 268 Å². The molecule has 0 aromatic carbocycles. The molecule has 3 N–H and O–H groups in total. The highest BCUT2D eigenvalue weighted by molar-refractivity contribution is 6.01. The number of amides is 12. The van der Waals surface area contributed by atoms with E-state index >= 15 is 33.6 Å². The Morgan fingerprint density at radius 2 is 1.38 bits per heavy atom. The van der Waals surface area contributed by atoms with Crippen molar-refractivity contribution < 1.29 is 80.2 Å². The first kappa shape index (κ1) is 87.9. The molecule has 0 aromatic heterocycles. The van der Waals surface area contributed by atoms with E-state index in [2.05, 4.69) is 28.8 Å². The van der Waals surface area contributed by atoms with Crippen LogP contribution in [0, 0.1) is 53.3 Å². The topological polar surface area (TPSA) is 289 Å². The lowest BCUT2D eigenvalue weighted by atomic mass is 9.58. The van der Waals surface area contributed by atoms with Gasteiger partial charge in [-0.15, -0.1) is 6.42 Å². The number of methoxy groups -OCH3 is 1. The molecule has 0 aromatic rings. The number of terminal acetylenes is 1. The molecule has 6 fully saturated rings. The summed E-state index contributed by atoms with van der Waals surface area (Å²) in [5.74, 6) is -8.39. The molecule has 13 atom stereocenters. The van der Waals surface area contributed by atoms with Gasteiger partial charge in [0.15, 0.2) is 0 Å².